The van der Waals surface area contributed by atoms with Crippen molar-refractivity contribution in [2.45, 2.75) is 149 Å². The second-order valence-electron chi connectivity index (χ2n) is 16.9. The topological polar surface area (TPSA) is 77.5 Å². The highest BCUT2D eigenvalue weighted by atomic mass is 16.7. The lowest BCUT2D eigenvalue weighted by Gasteiger charge is -2.51. The van der Waals surface area contributed by atoms with Gasteiger partial charge in [0.05, 0.1) is 30.5 Å². The standard InChI is InChI=1S/C36H63NO6/c1-22-12-15-30(43-31-21-37(9)17-18-40-31)34(4,5)26(22)14-13-25-11-10-16-36(8)27(25)20-28-32(36)23(2)19-29(42-28)33(35(6,7)39)41-24(3)38/h22-23,25-33,39H,10-21H2,1-9H3/t22?,23-,25+,26?,27?,28?,29-,30+,31?,32?,33+,36+/m1/s1. The summed E-state index contributed by atoms with van der Waals surface area (Å²) >= 11 is 0. The van der Waals surface area contributed by atoms with E-state index in [0.29, 0.717) is 29.6 Å². The monoisotopic (exact) mass is 605 g/mol. The van der Waals surface area contributed by atoms with Crippen molar-refractivity contribution in [3.05, 3.63) is 0 Å². The first-order chi connectivity index (χ1) is 20.1. The molecule has 0 aromatic rings. The maximum atomic E-state index is 12.0. The molecule has 0 aromatic carbocycles. The summed E-state index contributed by atoms with van der Waals surface area (Å²) in [5.41, 5.74) is -0.746. The number of hydrogen-bond acceptors (Lipinski definition) is 7. The Balaban J connectivity index is 1.26. The van der Waals surface area contributed by atoms with Crippen molar-refractivity contribution in [1.82, 2.24) is 4.90 Å². The van der Waals surface area contributed by atoms with Gasteiger partial charge < -0.3 is 24.1 Å². The highest BCUT2D eigenvalue weighted by Crippen LogP contribution is 2.63. The maximum Gasteiger partial charge on any atom is 0.303 e. The van der Waals surface area contributed by atoms with Crippen molar-refractivity contribution in [3.63, 3.8) is 0 Å². The Hall–Kier alpha value is -0.730. The molecule has 3 aliphatic carbocycles. The Morgan fingerprint density at radius 2 is 1.84 bits per heavy atom. The summed E-state index contributed by atoms with van der Waals surface area (Å²) in [4.78, 5) is 14.3. The molecule has 2 heterocycles. The minimum Gasteiger partial charge on any atom is -0.457 e. The number of rotatable bonds is 8. The third-order valence-corrected chi connectivity index (χ3v) is 13.0. The third-order valence-electron chi connectivity index (χ3n) is 13.0. The van der Waals surface area contributed by atoms with Gasteiger partial charge in [-0.05, 0) is 112 Å². The van der Waals surface area contributed by atoms with Gasteiger partial charge in [0.2, 0.25) is 0 Å². The molecule has 6 unspecified atom stereocenters. The predicted octanol–water partition coefficient (Wildman–Crippen LogP) is 6.45. The Morgan fingerprint density at radius 1 is 1.09 bits per heavy atom. The van der Waals surface area contributed by atoms with E-state index in [1.165, 1.54) is 45.4 Å². The van der Waals surface area contributed by atoms with Crippen molar-refractivity contribution in [1.29, 1.82) is 0 Å². The van der Waals surface area contributed by atoms with Crippen LogP contribution in [0.15, 0.2) is 0 Å². The summed E-state index contributed by atoms with van der Waals surface area (Å²) in [7, 11) is 2.16. The Kier molecular flexibility index (Phi) is 10.0. The highest BCUT2D eigenvalue weighted by molar-refractivity contribution is 5.66. The molecule has 2 saturated heterocycles. The van der Waals surface area contributed by atoms with Crippen LogP contribution >= 0.6 is 0 Å². The fourth-order valence-corrected chi connectivity index (χ4v) is 11.0. The van der Waals surface area contributed by atoms with Gasteiger partial charge in [-0.15, -0.1) is 0 Å². The summed E-state index contributed by atoms with van der Waals surface area (Å²) in [6.07, 6.45) is 10.1. The molecule has 0 radical (unpaired) electrons. The van der Waals surface area contributed by atoms with E-state index in [9.17, 15) is 9.90 Å². The van der Waals surface area contributed by atoms with Crippen LogP contribution in [0.3, 0.4) is 0 Å². The van der Waals surface area contributed by atoms with Crippen LogP contribution in [-0.4, -0.2) is 79.0 Å². The van der Waals surface area contributed by atoms with Crippen molar-refractivity contribution in [3.8, 4) is 0 Å². The van der Waals surface area contributed by atoms with Crippen LogP contribution in [0.1, 0.15) is 113 Å². The zero-order valence-electron chi connectivity index (χ0n) is 28.8. The molecule has 5 rings (SSSR count). The van der Waals surface area contributed by atoms with Gasteiger partial charge in [-0.1, -0.05) is 47.5 Å². The van der Waals surface area contributed by atoms with Gasteiger partial charge in [-0.3, -0.25) is 9.69 Å². The minimum atomic E-state index is -1.15. The van der Waals surface area contributed by atoms with Gasteiger partial charge in [0.25, 0.3) is 0 Å². The number of nitrogens with zero attached hydrogens (tertiary/aromatic N) is 1. The van der Waals surface area contributed by atoms with Crippen LogP contribution in [0.2, 0.25) is 0 Å². The number of fused-ring (bicyclic) bond motifs is 3. The van der Waals surface area contributed by atoms with Crippen LogP contribution in [0.4, 0.5) is 0 Å². The molecule has 5 aliphatic rings. The number of aliphatic hydroxyl groups is 1. The lowest BCUT2D eigenvalue weighted by molar-refractivity contribution is -0.235. The van der Waals surface area contributed by atoms with E-state index in [2.05, 4.69) is 46.6 Å². The first-order valence-electron chi connectivity index (χ1n) is 17.6. The zero-order valence-corrected chi connectivity index (χ0v) is 28.8. The molecule has 3 saturated carbocycles. The van der Waals surface area contributed by atoms with Gasteiger partial charge in [-0.2, -0.15) is 0 Å². The largest absolute Gasteiger partial charge is 0.457 e. The lowest BCUT2D eigenvalue weighted by Crippen LogP contribution is -2.54. The zero-order chi connectivity index (χ0) is 31.3. The summed E-state index contributed by atoms with van der Waals surface area (Å²) in [5.74, 6) is 3.35. The van der Waals surface area contributed by atoms with E-state index in [0.717, 1.165) is 44.9 Å². The number of hydrogen-bond donors (Lipinski definition) is 1. The molecule has 0 aromatic heterocycles. The summed E-state index contributed by atoms with van der Waals surface area (Å²) < 4.78 is 25.2. The van der Waals surface area contributed by atoms with Crippen LogP contribution in [-0.2, 0) is 23.7 Å². The molecular formula is C36H63NO6. The molecule has 7 nitrogen and oxygen atoms in total. The van der Waals surface area contributed by atoms with E-state index in [1.807, 2.05) is 0 Å². The van der Waals surface area contributed by atoms with Gasteiger partial charge in [-0.25, -0.2) is 0 Å². The number of morpholine rings is 1. The second kappa shape index (κ2) is 12.8. The number of carbonyl (C=O) groups is 1. The van der Waals surface area contributed by atoms with Crippen LogP contribution in [0.25, 0.3) is 0 Å². The van der Waals surface area contributed by atoms with Crippen LogP contribution in [0.5, 0.6) is 0 Å². The normalized spacial score (nSPS) is 44.3. The average molecular weight is 606 g/mol. The van der Waals surface area contributed by atoms with Gasteiger partial charge >= 0.3 is 5.97 Å². The number of likely N-dealkylation sites (N-methyl/N-ethyl adjacent to an activating group) is 1. The van der Waals surface area contributed by atoms with Crippen molar-refractivity contribution >= 4 is 5.97 Å². The molecule has 7 heteroatoms. The van der Waals surface area contributed by atoms with Gasteiger partial charge in [0.15, 0.2) is 12.4 Å². The lowest BCUT2D eigenvalue weighted by atomic mass is 9.56. The Labute approximate surface area is 262 Å². The molecule has 5 fully saturated rings. The molecule has 1 N–H and O–H groups in total. The summed E-state index contributed by atoms with van der Waals surface area (Å²) in [6.45, 7) is 19.8. The molecule has 0 amide bonds. The first kappa shape index (κ1) is 33.6. The van der Waals surface area contributed by atoms with E-state index in [-0.39, 0.29) is 41.4 Å². The molecule has 12 atom stereocenters. The highest BCUT2D eigenvalue weighted by Gasteiger charge is 2.60. The SMILES string of the molecule is CC(=O)O[C@@H]([C@H]1C[C@@H](C)C2C(CC3[C@H](CCC4C(C)CC[C@H](OC5CN(C)CCO5)C4(C)C)CCC[C@@]32C)O1)C(C)(C)O. The molecule has 2 aliphatic heterocycles. The van der Waals surface area contributed by atoms with E-state index >= 15 is 0 Å². The fraction of sp³-hybridized carbons (Fsp3) is 0.972. The van der Waals surface area contributed by atoms with E-state index in [1.54, 1.807) is 13.8 Å². The summed E-state index contributed by atoms with van der Waals surface area (Å²) in [6, 6.07) is 0. The maximum absolute atomic E-state index is 12.0. The number of esters is 1. The molecule has 0 spiro atoms. The number of ether oxygens (including phenoxy) is 4. The fourth-order valence-electron chi connectivity index (χ4n) is 11.0. The van der Waals surface area contributed by atoms with Crippen molar-refractivity contribution in [2.24, 2.45) is 46.3 Å². The van der Waals surface area contributed by atoms with Crippen molar-refractivity contribution < 1.29 is 28.8 Å². The minimum absolute atomic E-state index is 0.111. The van der Waals surface area contributed by atoms with E-state index in [4.69, 9.17) is 18.9 Å². The number of carbonyl (C=O) groups excluding carboxylic acids is 1. The van der Waals surface area contributed by atoms with Gasteiger partial charge in [0.1, 0.15) is 0 Å². The molecule has 0 bridgehead atoms. The predicted molar refractivity (Wildman–Crippen MR) is 168 cm³/mol. The molecular weight excluding hydrogens is 542 g/mol. The van der Waals surface area contributed by atoms with E-state index < -0.39 is 11.7 Å². The molecule has 43 heavy (non-hydrogen) atoms. The quantitative estimate of drug-likeness (QED) is 0.319. The smallest absolute Gasteiger partial charge is 0.303 e. The Bertz CT molecular complexity index is 964. The van der Waals surface area contributed by atoms with Crippen LogP contribution < -0.4 is 0 Å². The average Bonchev–Trinajstić information content (AvgIpc) is 3.21. The summed E-state index contributed by atoms with van der Waals surface area (Å²) in [5, 5.41) is 10.9. The van der Waals surface area contributed by atoms with Crippen LogP contribution in [0, 0.1) is 46.3 Å². The second-order valence-corrected chi connectivity index (χ2v) is 16.9. The van der Waals surface area contributed by atoms with Gasteiger partial charge in [0, 0.05) is 20.0 Å². The molecule has 248 valence electrons. The van der Waals surface area contributed by atoms with Crippen molar-refractivity contribution in [2.75, 3.05) is 26.7 Å². The Morgan fingerprint density at radius 3 is 2.51 bits per heavy atom. The first-order valence-corrected chi connectivity index (χ1v) is 17.6. The third kappa shape index (κ3) is 6.87.